The van der Waals surface area contributed by atoms with Crippen molar-refractivity contribution in [2.75, 3.05) is 7.11 Å². The van der Waals surface area contributed by atoms with Crippen LogP contribution in [-0.2, 0) is 28.4 Å². The number of aromatic nitrogens is 1. The molecular formula is C28H31NO2. The van der Waals surface area contributed by atoms with Gasteiger partial charge in [-0.15, -0.1) is 0 Å². The highest BCUT2D eigenvalue weighted by atomic mass is 16.5. The molecule has 3 nitrogen and oxygen atoms in total. The van der Waals surface area contributed by atoms with Crippen LogP contribution >= 0.6 is 0 Å². The molecule has 31 heavy (non-hydrogen) atoms. The third-order valence-electron chi connectivity index (χ3n) is 8.13. The first kappa shape index (κ1) is 20.1. The van der Waals surface area contributed by atoms with Gasteiger partial charge in [-0.05, 0) is 98.0 Å². The first-order valence-corrected chi connectivity index (χ1v) is 11.1. The maximum Gasteiger partial charge on any atom is 0.309 e. The minimum absolute atomic E-state index is 0.0917. The molecule has 0 saturated heterocycles. The zero-order valence-corrected chi connectivity index (χ0v) is 19.6. The van der Waals surface area contributed by atoms with Crippen molar-refractivity contribution in [1.29, 1.82) is 0 Å². The van der Waals surface area contributed by atoms with Crippen LogP contribution < -0.4 is 0 Å². The fraction of sp³-hybridized carbons (Fsp3) is 0.393. The van der Waals surface area contributed by atoms with Crippen LogP contribution in [-0.4, -0.2) is 17.6 Å². The molecule has 2 aromatic carbocycles. The van der Waals surface area contributed by atoms with E-state index in [-0.39, 0.29) is 17.3 Å². The molecule has 2 unspecified atom stereocenters. The van der Waals surface area contributed by atoms with Gasteiger partial charge in [0.05, 0.1) is 18.5 Å². The quantitative estimate of drug-likeness (QED) is 0.509. The predicted octanol–water partition coefficient (Wildman–Crippen LogP) is 5.79. The van der Waals surface area contributed by atoms with Crippen molar-refractivity contribution < 1.29 is 9.53 Å². The second-order valence-corrected chi connectivity index (χ2v) is 9.67. The molecule has 3 heteroatoms. The Balaban J connectivity index is 1.77. The molecule has 2 atom stereocenters. The van der Waals surface area contributed by atoms with Crippen LogP contribution in [0.3, 0.4) is 0 Å². The van der Waals surface area contributed by atoms with Crippen molar-refractivity contribution in [2.24, 2.45) is 13.0 Å². The average molecular weight is 414 g/mol. The van der Waals surface area contributed by atoms with Crippen LogP contribution in [0.5, 0.6) is 0 Å². The number of aryl methyl sites for hydroxylation is 4. The van der Waals surface area contributed by atoms with Gasteiger partial charge in [-0.3, -0.25) is 4.79 Å². The van der Waals surface area contributed by atoms with Gasteiger partial charge in [0.15, 0.2) is 0 Å². The molecule has 2 aliphatic carbocycles. The Bertz CT molecular complexity index is 1310. The van der Waals surface area contributed by atoms with Gasteiger partial charge in [-0.25, -0.2) is 0 Å². The van der Waals surface area contributed by atoms with Gasteiger partial charge >= 0.3 is 5.97 Å². The first-order valence-electron chi connectivity index (χ1n) is 11.1. The van der Waals surface area contributed by atoms with Gasteiger partial charge in [0.25, 0.3) is 0 Å². The Kier molecular flexibility index (Phi) is 4.28. The number of hydrogen-bond donors (Lipinski definition) is 0. The summed E-state index contributed by atoms with van der Waals surface area (Å²) in [5, 5.41) is 1.28. The summed E-state index contributed by atoms with van der Waals surface area (Å²) in [5.74, 6) is -0.213. The molecule has 1 heterocycles. The van der Waals surface area contributed by atoms with Crippen molar-refractivity contribution in [3.8, 4) is 0 Å². The molecule has 1 saturated carbocycles. The molecule has 3 aromatic rings. The summed E-state index contributed by atoms with van der Waals surface area (Å²) < 4.78 is 7.48. The number of hydrogen-bond acceptors (Lipinski definition) is 2. The van der Waals surface area contributed by atoms with Gasteiger partial charge in [-0.2, -0.15) is 0 Å². The number of methoxy groups -OCH3 is 1. The van der Waals surface area contributed by atoms with Gasteiger partial charge in [0.1, 0.15) is 0 Å². The third kappa shape index (κ3) is 2.62. The standard InChI is InChI=1S/C28H31NO2/c1-15-10-20-12-22(13-21(20)11-16(15)2)28(14-24(28)27(30)31-7)25-18(4)17(3)19(5)26-23(25)8-9-29(26)6/h8-12,24H,13-14H2,1-7H3. The fourth-order valence-corrected chi connectivity index (χ4v) is 6.02. The number of ether oxygens (including phenoxy) is 1. The van der Waals surface area contributed by atoms with E-state index < -0.39 is 0 Å². The van der Waals surface area contributed by atoms with Gasteiger partial charge in [-0.1, -0.05) is 23.8 Å². The Labute approximate surface area is 184 Å². The number of benzene rings is 2. The molecule has 0 bridgehead atoms. The zero-order chi connectivity index (χ0) is 22.2. The van der Waals surface area contributed by atoms with Crippen LogP contribution in [0.15, 0.2) is 30.0 Å². The van der Waals surface area contributed by atoms with E-state index in [1.807, 2.05) is 0 Å². The fourth-order valence-electron chi connectivity index (χ4n) is 6.02. The number of nitrogens with zero attached hydrogens (tertiary/aromatic N) is 1. The highest BCUT2D eigenvalue weighted by molar-refractivity contribution is 5.94. The van der Waals surface area contributed by atoms with Crippen molar-refractivity contribution >= 4 is 22.9 Å². The first-order chi connectivity index (χ1) is 14.7. The highest BCUT2D eigenvalue weighted by Gasteiger charge is 2.63. The van der Waals surface area contributed by atoms with Gasteiger partial charge in [0.2, 0.25) is 0 Å². The molecule has 0 radical (unpaired) electrons. The molecule has 5 rings (SSSR count). The summed E-state index contributed by atoms with van der Waals surface area (Å²) >= 11 is 0. The molecular weight excluding hydrogens is 382 g/mol. The number of allylic oxidation sites excluding steroid dienone is 1. The number of esters is 1. The summed E-state index contributed by atoms with van der Waals surface area (Å²) in [7, 11) is 3.63. The van der Waals surface area contributed by atoms with Crippen LogP contribution in [0.4, 0.5) is 0 Å². The Morgan fingerprint density at radius 1 is 1.06 bits per heavy atom. The largest absolute Gasteiger partial charge is 0.469 e. The van der Waals surface area contributed by atoms with Crippen LogP contribution in [0.1, 0.15) is 50.9 Å². The number of carbonyl (C=O) groups is 1. The SMILES string of the molecule is COC(=O)C1CC1(C1=Cc2cc(C)c(C)cc2C1)c1c(C)c(C)c(C)c2c1ccn2C. The lowest BCUT2D eigenvalue weighted by Crippen LogP contribution is -2.21. The predicted molar refractivity (Wildman–Crippen MR) is 127 cm³/mol. The Morgan fingerprint density at radius 2 is 1.77 bits per heavy atom. The molecule has 0 spiro atoms. The number of fused-ring (bicyclic) bond motifs is 2. The number of rotatable bonds is 3. The van der Waals surface area contributed by atoms with Crippen molar-refractivity contribution in [1.82, 2.24) is 4.57 Å². The third-order valence-corrected chi connectivity index (χ3v) is 8.13. The maximum absolute atomic E-state index is 12.9. The average Bonchev–Trinajstić information content (AvgIpc) is 3.16. The normalized spacial score (nSPS) is 21.9. The van der Waals surface area contributed by atoms with E-state index in [0.29, 0.717) is 0 Å². The summed E-state index contributed by atoms with van der Waals surface area (Å²) in [6.45, 7) is 11.0. The van der Waals surface area contributed by atoms with E-state index >= 15 is 0 Å². The van der Waals surface area contributed by atoms with Crippen LogP contribution in [0.2, 0.25) is 0 Å². The lowest BCUT2D eigenvalue weighted by molar-refractivity contribution is -0.142. The van der Waals surface area contributed by atoms with E-state index in [1.165, 1.54) is 68.1 Å². The van der Waals surface area contributed by atoms with Gasteiger partial charge in [0, 0.05) is 24.0 Å². The van der Waals surface area contributed by atoms with Crippen molar-refractivity contribution in [3.05, 3.63) is 74.5 Å². The van der Waals surface area contributed by atoms with Crippen molar-refractivity contribution in [2.45, 2.75) is 52.9 Å². The molecule has 2 aliphatic rings. The van der Waals surface area contributed by atoms with E-state index in [9.17, 15) is 4.79 Å². The van der Waals surface area contributed by atoms with E-state index in [1.54, 1.807) is 0 Å². The van der Waals surface area contributed by atoms with E-state index in [0.717, 1.165) is 12.8 Å². The smallest absolute Gasteiger partial charge is 0.309 e. The summed E-state index contributed by atoms with van der Waals surface area (Å²) in [6, 6.07) is 6.85. The van der Waals surface area contributed by atoms with Crippen molar-refractivity contribution in [3.63, 3.8) is 0 Å². The molecule has 1 aromatic heterocycles. The van der Waals surface area contributed by atoms with Crippen LogP contribution in [0.25, 0.3) is 17.0 Å². The molecule has 0 amide bonds. The lowest BCUT2D eigenvalue weighted by atomic mass is 9.78. The Hall–Kier alpha value is -2.81. The summed E-state index contributed by atoms with van der Waals surface area (Å²) in [6.07, 6.45) is 6.23. The highest BCUT2D eigenvalue weighted by Crippen LogP contribution is 2.64. The molecule has 0 N–H and O–H groups in total. The molecule has 1 fully saturated rings. The minimum Gasteiger partial charge on any atom is -0.469 e. The topological polar surface area (TPSA) is 31.2 Å². The van der Waals surface area contributed by atoms with E-state index in [4.69, 9.17) is 4.74 Å². The van der Waals surface area contributed by atoms with Gasteiger partial charge < -0.3 is 9.30 Å². The second kappa shape index (κ2) is 6.59. The molecule has 160 valence electrons. The number of carbonyl (C=O) groups excluding carboxylic acids is 1. The Morgan fingerprint density at radius 3 is 2.48 bits per heavy atom. The summed E-state index contributed by atoms with van der Waals surface area (Å²) in [4.78, 5) is 12.9. The maximum atomic E-state index is 12.9. The van der Waals surface area contributed by atoms with E-state index in [2.05, 4.69) is 76.7 Å². The summed E-state index contributed by atoms with van der Waals surface area (Å²) in [5.41, 5.74) is 13.0. The molecule has 0 aliphatic heterocycles. The lowest BCUT2D eigenvalue weighted by Gasteiger charge is -2.26. The monoisotopic (exact) mass is 413 g/mol. The second-order valence-electron chi connectivity index (χ2n) is 9.67. The minimum atomic E-state index is -0.282. The van der Waals surface area contributed by atoms with Crippen LogP contribution in [0, 0.1) is 40.5 Å². The zero-order valence-electron chi connectivity index (χ0n) is 19.6.